The Morgan fingerprint density at radius 2 is 1.79 bits per heavy atom. The van der Waals surface area contributed by atoms with Crippen LogP contribution in [0.25, 0.3) is 0 Å². The number of aromatic nitrogens is 1. The van der Waals surface area contributed by atoms with E-state index in [0.717, 1.165) is 42.9 Å². The van der Waals surface area contributed by atoms with E-state index in [4.69, 9.17) is 4.74 Å². The van der Waals surface area contributed by atoms with Gasteiger partial charge in [-0.2, -0.15) is 0 Å². The molecule has 2 N–H and O–H groups in total. The highest BCUT2D eigenvalue weighted by molar-refractivity contribution is 7.09. The molecule has 1 aromatic heterocycles. The minimum absolute atomic E-state index is 0.0310. The van der Waals surface area contributed by atoms with Gasteiger partial charge in [0.15, 0.2) is 0 Å². The third-order valence-electron chi connectivity index (χ3n) is 5.81. The maximum atomic E-state index is 12.8. The standard InChI is InChI=1S/C26H37N3O3S/c1-18(15-26(2,3)4)14-23(30)27-20-12-8-9-13-21(20)29-25(31)22-17-33-24(28-22)16-32-19-10-6-5-7-11-19/h5-7,10-11,17-18,20-21H,8-9,12-16H2,1-4H3,(H,27,30)(H,29,31)/t18-,20+,21-/m1/s1. The molecule has 180 valence electrons. The molecular weight excluding hydrogens is 434 g/mol. The van der Waals surface area contributed by atoms with Gasteiger partial charge in [0.1, 0.15) is 23.1 Å². The van der Waals surface area contributed by atoms with E-state index < -0.39 is 0 Å². The first-order chi connectivity index (χ1) is 15.7. The summed E-state index contributed by atoms with van der Waals surface area (Å²) in [4.78, 5) is 29.9. The number of benzene rings is 1. The molecular formula is C26H37N3O3S. The lowest BCUT2D eigenvalue weighted by molar-refractivity contribution is -0.123. The SMILES string of the molecule is C[C@H](CC(=O)N[C@H]1CCCC[C@H]1NC(=O)c1csc(COc2ccccc2)n1)CC(C)(C)C. The Hall–Kier alpha value is -2.41. The molecule has 0 unspecified atom stereocenters. The van der Waals surface area contributed by atoms with Crippen LogP contribution >= 0.6 is 11.3 Å². The zero-order valence-electron chi connectivity index (χ0n) is 20.2. The third kappa shape index (κ3) is 8.46. The Kier molecular flexibility index (Phi) is 8.89. The van der Waals surface area contributed by atoms with E-state index in [9.17, 15) is 9.59 Å². The van der Waals surface area contributed by atoms with Crippen molar-refractivity contribution in [3.63, 3.8) is 0 Å². The number of ether oxygens (including phenoxy) is 1. The number of hydrogen-bond donors (Lipinski definition) is 2. The number of thiazole rings is 1. The lowest BCUT2D eigenvalue weighted by atomic mass is 9.84. The molecule has 1 fully saturated rings. The van der Waals surface area contributed by atoms with Crippen LogP contribution in [0.5, 0.6) is 5.75 Å². The Morgan fingerprint density at radius 3 is 2.45 bits per heavy atom. The van der Waals surface area contributed by atoms with Crippen LogP contribution in [0.4, 0.5) is 0 Å². The van der Waals surface area contributed by atoms with Crippen LogP contribution in [-0.2, 0) is 11.4 Å². The molecule has 33 heavy (non-hydrogen) atoms. The fourth-order valence-corrected chi connectivity index (χ4v) is 5.25. The molecule has 1 aromatic carbocycles. The molecule has 3 atom stereocenters. The maximum Gasteiger partial charge on any atom is 0.271 e. The molecule has 0 bridgehead atoms. The summed E-state index contributed by atoms with van der Waals surface area (Å²) >= 11 is 1.42. The molecule has 0 aliphatic heterocycles. The number of carbonyl (C=O) groups excluding carboxylic acids is 2. The molecule has 2 aromatic rings. The highest BCUT2D eigenvalue weighted by Gasteiger charge is 2.29. The van der Waals surface area contributed by atoms with Gasteiger partial charge in [0.25, 0.3) is 5.91 Å². The van der Waals surface area contributed by atoms with Gasteiger partial charge >= 0.3 is 0 Å². The number of nitrogens with zero attached hydrogens (tertiary/aromatic N) is 1. The molecule has 1 saturated carbocycles. The topological polar surface area (TPSA) is 80.3 Å². The molecule has 0 spiro atoms. The van der Waals surface area contributed by atoms with Gasteiger partial charge in [0, 0.05) is 23.9 Å². The maximum absolute atomic E-state index is 12.8. The van der Waals surface area contributed by atoms with E-state index >= 15 is 0 Å². The van der Waals surface area contributed by atoms with Crippen LogP contribution in [0.15, 0.2) is 35.7 Å². The van der Waals surface area contributed by atoms with Gasteiger partial charge in [0.2, 0.25) is 5.91 Å². The summed E-state index contributed by atoms with van der Waals surface area (Å²) < 4.78 is 5.73. The Labute approximate surface area is 201 Å². The predicted octanol–water partition coefficient (Wildman–Crippen LogP) is 5.34. The minimum Gasteiger partial charge on any atom is -0.486 e. The summed E-state index contributed by atoms with van der Waals surface area (Å²) in [6.07, 6.45) is 5.38. The van der Waals surface area contributed by atoms with Gasteiger partial charge in [-0.1, -0.05) is 58.7 Å². The van der Waals surface area contributed by atoms with Gasteiger partial charge in [-0.15, -0.1) is 11.3 Å². The summed E-state index contributed by atoms with van der Waals surface area (Å²) in [5.41, 5.74) is 0.612. The summed E-state index contributed by atoms with van der Waals surface area (Å²) in [6.45, 7) is 9.06. The smallest absolute Gasteiger partial charge is 0.271 e. The van der Waals surface area contributed by atoms with Crippen molar-refractivity contribution in [2.24, 2.45) is 11.3 Å². The normalized spacial score (nSPS) is 19.5. The number of nitrogens with one attached hydrogen (secondary N) is 2. The fraction of sp³-hybridized carbons (Fsp3) is 0.577. The van der Waals surface area contributed by atoms with Crippen LogP contribution in [0, 0.1) is 11.3 Å². The quantitative estimate of drug-likeness (QED) is 0.517. The van der Waals surface area contributed by atoms with E-state index in [1.165, 1.54) is 11.3 Å². The van der Waals surface area contributed by atoms with Crippen molar-refractivity contribution in [3.05, 3.63) is 46.4 Å². The van der Waals surface area contributed by atoms with Gasteiger partial charge in [0.05, 0.1) is 0 Å². The zero-order valence-corrected chi connectivity index (χ0v) is 21.0. The van der Waals surface area contributed by atoms with E-state index in [1.54, 1.807) is 5.38 Å². The molecule has 0 radical (unpaired) electrons. The Bertz CT molecular complexity index is 907. The number of rotatable bonds is 9. The molecule has 1 aliphatic carbocycles. The number of para-hydroxylation sites is 1. The second-order valence-electron chi connectivity index (χ2n) is 10.3. The molecule has 1 aliphatic rings. The highest BCUT2D eigenvalue weighted by Crippen LogP contribution is 2.26. The second kappa shape index (κ2) is 11.6. The van der Waals surface area contributed by atoms with Crippen LogP contribution < -0.4 is 15.4 Å². The van der Waals surface area contributed by atoms with Crippen molar-refractivity contribution in [3.8, 4) is 5.75 Å². The number of amides is 2. The van der Waals surface area contributed by atoms with Crippen LogP contribution in [0.3, 0.4) is 0 Å². The minimum atomic E-state index is -0.190. The van der Waals surface area contributed by atoms with Gasteiger partial charge in [-0.05, 0) is 42.7 Å². The van der Waals surface area contributed by atoms with Crippen molar-refractivity contribution in [2.75, 3.05) is 0 Å². The van der Waals surface area contributed by atoms with Crippen molar-refractivity contribution in [2.45, 2.75) is 84.9 Å². The molecule has 6 nitrogen and oxygen atoms in total. The molecule has 7 heteroatoms. The van der Waals surface area contributed by atoms with Crippen LogP contribution in [0.1, 0.15) is 81.7 Å². The van der Waals surface area contributed by atoms with Crippen molar-refractivity contribution >= 4 is 23.2 Å². The van der Waals surface area contributed by atoms with E-state index in [0.29, 0.717) is 24.6 Å². The highest BCUT2D eigenvalue weighted by atomic mass is 32.1. The third-order valence-corrected chi connectivity index (χ3v) is 6.64. The molecule has 1 heterocycles. The van der Waals surface area contributed by atoms with Crippen LogP contribution in [0.2, 0.25) is 0 Å². The fourth-order valence-electron chi connectivity index (χ4n) is 4.56. The first-order valence-electron chi connectivity index (χ1n) is 11.9. The largest absolute Gasteiger partial charge is 0.486 e. The second-order valence-corrected chi connectivity index (χ2v) is 11.3. The van der Waals surface area contributed by atoms with Gasteiger partial charge in [-0.25, -0.2) is 4.98 Å². The van der Waals surface area contributed by atoms with Crippen molar-refractivity contribution in [1.29, 1.82) is 0 Å². The first-order valence-corrected chi connectivity index (χ1v) is 12.8. The Balaban J connectivity index is 1.51. The van der Waals surface area contributed by atoms with E-state index in [2.05, 4.69) is 43.3 Å². The summed E-state index contributed by atoms with van der Waals surface area (Å²) in [6, 6.07) is 9.45. The van der Waals surface area contributed by atoms with Gasteiger partial charge in [-0.3, -0.25) is 9.59 Å². The lowest BCUT2D eigenvalue weighted by Crippen LogP contribution is -2.53. The van der Waals surface area contributed by atoms with E-state index in [1.807, 2.05) is 30.3 Å². The average molecular weight is 472 g/mol. The van der Waals surface area contributed by atoms with Gasteiger partial charge < -0.3 is 15.4 Å². The molecule has 3 rings (SSSR count). The van der Waals surface area contributed by atoms with E-state index in [-0.39, 0.29) is 29.3 Å². The summed E-state index contributed by atoms with van der Waals surface area (Å²) in [7, 11) is 0. The number of hydrogen-bond acceptors (Lipinski definition) is 5. The molecule has 2 amide bonds. The average Bonchev–Trinajstić information content (AvgIpc) is 3.22. The monoisotopic (exact) mass is 471 g/mol. The first kappa shape index (κ1) is 25.2. The Morgan fingerprint density at radius 1 is 1.12 bits per heavy atom. The molecule has 0 saturated heterocycles. The number of carbonyl (C=O) groups is 2. The van der Waals surface area contributed by atoms with Crippen LogP contribution in [-0.4, -0.2) is 28.9 Å². The summed E-state index contributed by atoms with van der Waals surface area (Å²) in [5, 5.41) is 8.84. The van der Waals surface area contributed by atoms with Crippen molar-refractivity contribution in [1.82, 2.24) is 15.6 Å². The summed E-state index contributed by atoms with van der Waals surface area (Å²) in [5.74, 6) is 0.987. The lowest BCUT2D eigenvalue weighted by Gasteiger charge is -2.33. The zero-order chi connectivity index (χ0) is 23.8. The predicted molar refractivity (Wildman–Crippen MR) is 132 cm³/mol. The van der Waals surface area contributed by atoms with Crippen molar-refractivity contribution < 1.29 is 14.3 Å².